The predicted octanol–water partition coefficient (Wildman–Crippen LogP) is 16.9. The van der Waals surface area contributed by atoms with Crippen molar-refractivity contribution in [2.24, 2.45) is 11.8 Å². The van der Waals surface area contributed by atoms with Gasteiger partial charge in [0.1, 0.15) is 0 Å². The summed E-state index contributed by atoms with van der Waals surface area (Å²) in [5.41, 5.74) is 0. The number of nitrogens with zero attached hydrogens (tertiary/aromatic N) is 2. The lowest BCUT2D eigenvalue weighted by Crippen LogP contribution is -2.41. The summed E-state index contributed by atoms with van der Waals surface area (Å²) in [7, 11) is 4.19. The molecular formula is C61H120N2O7. The van der Waals surface area contributed by atoms with Crippen LogP contribution in [0.1, 0.15) is 304 Å². The third-order valence-corrected chi connectivity index (χ3v) is 14.6. The maximum absolute atomic E-state index is 14.1. The fraction of sp³-hybridized carbons (Fsp3) is 0.951. The number of rotatable bonds is 55. The first-order valence-electron chi connectivity index (χ1n) is 30.7. The van der Waals surface area contributed by atoms with Gasteiger partial charge in [-0.3, -0.25) is 14.4 Å². The molecule has 0 aromatic heterocycles. The lowest BCUT2D eigenvalue weighted by Gasteiger charge is -2.33. The van der Waals surface area contributed by atoms with Crippen LogP contribution in [0.4, 0.5) is 0 Å². The van der Waals surface area contributed by atoms with Gasteiger partial charge < -0.3 is 29.1 Å². The highest BCUT2D eigenvalue weighted by molar-refractivity contribution is 5.76. The second-order valence-electron chi connectivity index (χ2n) is 21.7. The van der Waals surface area contributed by atoms with Crippen molar-refractivity contribution in [2.45, 2.75) is 317 Å². The summed E-state index contributed by atoms with van der Waals surface area (Å²) in [5.74, 6) is 1.11. The molecule has 0 aliphatic heterocycles. The molecule has 0 saturated carbocycles. The summed E-state index contributed by atoms with van der Waals surface area (Å²) in [5, 5.41) is 9.91. The van der Waals surface area contributed by atoms with E-state index in [0.29, 0.717) is 57.3 Å². The van der Waals surface area contributed by atoms with Gasteiger partial charge in [0.2, 0.25) is 5.91 Å². The largest absolute Gasteiger partial charge is 0.465 e. The van der Waals surface area contributed by atoms with Crippen LogP contribution < -0.4 is 0 Å². The number of hydrogen-bond donors (Lipinski definition) is 1. The number of carbonyl (C=O) groups is 3. The monoisotopic (exact) mass is 993 g/mol. The standard InChI is InChI=1S/C61H120N2O7/c1-8-13-17-21-24-32-43-55(41-30-19-15-10-3)53-69-60(66)49-38-28-34-45-57(63(52-40-51-62(6)7)58(64)47-36-26-23-27-37-48-59(65)68-12-5)46-35-29-39-50-61(67)70-54-56(42-31-20-16-11-4)44-33-25-22-18-14-9-2/h55-57,59,65H,8-54H2,1-7H3. The van der Waals surface area contributed by atoms with E-state index >= 15 is 0 Å². The molecule has 1 N–H and O–H groups in total. The van der Waals surface area contributed by atoms with Crippen LogP contribution in [0.2, 0.25) is 0 Å². The van der Waals surface area contributed by atoms with Gasteiger partial charge >= 0.3 is 11.9 Å². The molecule has 0 heterocycles. The molecule has 0 radical (unpaired) electrons. The summed E-state index contributed by atoms with van der Waals surface area (Å²) in [6.45, 7) is 14.3. The molecule has 1 amide bonds. The molecule has 0 saturated heterocycles. The van der Waals surface area contributed by atoms with E-state index in [1.54, 1.807) is 0 Å². The van der Waals surface area contributed by atoms with Crippen molar-refractivity contribution >= 4 is 17.8 Å². The zero-order valence-corrected chi connectivity index (χ0v) is 47.8. The van der Waals surface area contributed by atoms with E-state index in [9.17, 15) is 19.5 Å². The normalized spacial score (nSPS) is 13.4. The number of hydrogen-bond acceptors (Lipinski definition) is 8. The van der Waals surface area contributed by atoms with Crippen LogP contribution in [0.3, 0.4) is 0 Å². The number of carbonyl (C=O) groups excluding carboxylic acids is 3. The SMILES string of the molecule is CCCCCCCCC(CCCCCC)COC(=O)CCCCCC(CCCCCC(=O)OCC(CCCCCC)CCCCCCCC)N(CCCN(C)C)C(=O)CCCCCCCC(O)OCC. The fourth-order valence-corrected chi connectivity index (χ4v) is 10.1. The van der Waals surface area contributed by atoms with Crippen molar-refractivity contribution in [3.05, 3.63) is 0 Å². The third-order valence-electron chi connectivity index (χ3n) is 14.6. The number of aliphatic hydroxyl groups is 1. The molecule has 70 heavy (non-hydrogen) atoms. The Morgan fingerprint density at radius 3 is 1.16 bits per heavy atom. The van der Waals surface area contributed by atoms with E-state index in [2.05, 4.69) is 51.6 Å². The summed E-state index contributed by atoms with van der Waals surface area (Å²) in [6.07, 6.45) is 45.0. The summed E-state index contributed by atoms with van der Waals surface area (Å²) in [4.78, 5) is 44.6. The van der Waals surface area contributed by atoms with Crippen LogP contribution >= 0.6 is 0 Å². The highest BCUT2D eigenvalue weighted by Gasteiger charge is 2.23. The Balaban J connectivity index is 5.45. The number of unbranched alkanes of at least 4 members (excludes halogenated alkanes) is 24. The topological polar surface area (TPSA) is 106 Å². The number of esters is 2. The molecule has 0 rings (SSSR count). The molecule has 0 aliphatic carbocycles. The molecule has 9 heteroatoms. The second kappa shape index (κ2) is 52.2. The third kappa shape index (κ3) is 44.9. The highest BCUT2D eigenvalue weighted by atomic mass is 16.6. The molecule has 0 bridgehead atoms. The number of aliphatic hydroxyl groups excluding tert-OH is 1. The average molecular weight is 994 g/mol. The van der Waals surface area contributed by atoms with Gasteiger partial charge in [-0.15, -0.1) is 0 Å². The summed E-state index contributed by atoms with van der Waals surface area (Å²) < 4.78 is 17.1. The van der Waals surface area contributed by atoms with Crippen molar-refractivity contribution in [2.75, 3.05) is 47.0 Å². The highest BCUT2D eigenvalue weighted by Crippen LogP contribution is 2.24. The van der Waals surface area contributed by atoms with E-state index in [1.807, 2.05) is 6.92 Å². The Morgan fingerprint density at radius 1 is 0.400 bits per heavy atom. The molecule has 0 spiro atoms. The Kier molecular flexibility index (Phi) is 50.9. The van der Waals surface area contributed by atoms with Gasteiger partial charge in [-0.05, 0) is 116 Å². The molecule has 3 unspecified atom stereocenters. The van der Waals surface area contributed by atoms with Crippen LogP contribution in [-0.2, 0) is 28.6 Å². The molecule has 0 aromatic carbocycles. The smallest absolute Gasteiger partial charge is 0.305 e. The predicted molar refractivity (Wildman–Crippen MR) is 297 cm³/mol. The Bertz CT molecular complexity index is 1080. The zero-order valence-electron chi connectivity index (χ0n) is 47.8. The van der Waals surface area contributed by atoms with Gasteiger partial charge in [0.25, 0.3) is 0 Å². The second-order valence-corrected chi connectivity index (χ2v) is 21.7. The quantitative estimate of drug-likeness (QED) is 0.0365. The maximum Gasteiger partial charge on any atom is 0.305 e. The van der Waals surface area contributed by atoms with E-state index in [0.717, 1.165) is 116 Å². The lowest BCUT2D eigenvalue weighted by molar-refractivity contribution is -0.146. The fourth-order valence-electron chi connectivity index (χ4n) is 10.1. The first kappa shape index (κ1) is 68.3. The minimum atomic E-state index is -0.675. The first-order valence-corrected chi connectivity index (χ1v) is 30.7. The van der Waals surface area contributed by atoms with E-state index < -0.39 is 6.29 Å². The van der Waals surface area contributed by atoms with Crippen LogP contribution in [0.25, 0.3) is 0 Å². The van der Waals surface area contributed by atoms with Crippen LogP contribution in [0.15, 0.2) is 0 Å². The van der Waals surface area contributed by atoms with Crippen molar-refractivity contribution < 1.29 is 33.7 Å². The van der Waals surface area contributed by atoms with E-state index in [1.165, 1.54) is 141 Å². The first-order chi connectivity index (χ1) is 34.1. The van der Waals surface area contributed by atoms with Crippen LogP contribution in [0, 0.1) is 11.8 Å². The summed E-state index contributed by atoms with van der Waals surface area (Å²) in [6, 6.07) is 0.152. The zero-order chi connectivity index (χ0) is 51.6. The lowest BCUT2D eigenvalue weighted by atomic mass is 9.95. The molecule has 416 valence electrons. The Morgan fingerprint density at radius 2 is 0.743 bits per heavy atom. The molecule has 0 fully saturated rings. The van der Waals surface area contributed by atoms with E-state index in [-0.39, 0.29) is 23.9 Å². The maximum atomic E-state index is 14.1. The van der Waals surface area contributed by atoms with Gasteiger partial charge in [0.05, 0.1) is 13.2 Å². The van der Waals surface area contributed by atoms with Crippen molar-refractivity contribution in [3.8, 4) is 0 Å². The van der Waals surface area contributed by atoms with Gasteiger partial charge in [-0.2, -0.15) is 0 Å². The molecule has 0 aliphatic rings. The minimum Gasteiger partial charge on any atom is -0.465 e. The van der Waals surface area contributed by atoms with Crippen LogP contribution in [-0.4, -0.2) is 92.1 Å². The van der Waals surface area contributed by atoms with Gasteiger partial charge in [0, 0.05) is 38.5 Å². The number of amides is 1. The van der Waals surface area contributed by atoms with E-state index in [4.69, 9.17) is 14.2 Å². The van der Waals surface area contributed by atoms with Crippen molar-refractivity contribution in [1.29, 1.82) is 0 Å². The van der Waals surface area contributed by atoms with Gasteiger partial charge in [-0.1, -0.05) is 201 Å². The summed E-state index contributed by atoms with van der Waals surface area (Å²) >= 11 is 0. The van der Waals surface area contributed by atoms with Gasteiger partial charge in [0.15, 0.2) is 6.29 Å². The number of ether oxygens (including phenoxy) is 3. The van der Waals surface area contributed by atoms with Crippen molar-refractivity contribution in [3.63, 3.8) is 0 Å². The molecule has 9 nitrogen and oxygen atoms in total. The average Bonchev–Trinajstić information content (AvgIpc) is 3.34. The molecule has 0 aromatic rings. The molecular weight excluding hydrogens is 873 g/mol. The van der Waals surface area contributed by atoms with Crippen molar-refractivity contribution in [1.82, 2.24) is 9.80 Å². The van der Waals surface area contributed by atoms with Crippen LogP contribution in [0.5, 0.6) is 0 Å². The van der Waals surface area contributed by atoms with Gasteiger partial charge in [-0.25, -0.2) is 0 Å². The minimum absolute atomic E-state index is 0.0529. The Hall–Kier alpha value is -1.71. The molecule has 3 atom stereocenters. The Labute approximate surface area is 435 Å².